The molecule has 0 radical (unpaired) electrons. The van der Waals surface area contributed by atoms with Gasteiger partial charge in [-0.3, -0.25) is 4.68 Å². The average molecular weight is 279 g/mol. The number of aryl methyl sites for hydroxylation is 2. The van der Waals surface area contributed by atoms with Gasteiger partial charge in [0.05, 0.1) is 16.9 Å². The highest BCUT2D eigenvalue weighted by Crippen LogP contribution is 2.47. The lowest BCUT2D eigenvalue weighted by Crippen LogP contribution is -2.37. The molecular weight excluding hydrogens is 250 g/mol. The first kappa shape index (κ1) is 15.5. The minimum absolute atomic E-state index is 0.0577. The first-order chi connectivity index (χ1) is 9.20. The van der Waals surface area contributed by atoms with Crippen LogP contribution in [0, 0.1) is 5.92 Å². The fraction of sp³-hybridized carbons (Fsp3) is 0.812. The summed E-state index contributed by atoms with van der Waals surface area (Å²) in [5.74, 6) is 0.442. The number of nitrogens with one attached hydrogen (secondary N) is 1. The first-order valence-corrected chi connectivity index (χ1v) is 7.60. The molecule has 0 spiro atoms. The topological polar surface area (TPSA) is 39.1 Å². The van der Waals surface area contributed by atoms with E-state index in [0.29, 0.717) is 5.92 Å². The molecule has 1 fully saturated rings. The van der Waals surface area contributed by atoms with Crippen molar-refractivity contribution in [3.63, 3.8) is 0 Å². The first-order valence-electron chi connectivity index (χ1n) is 7.60. The zero-order valence-corrected chi connectivity index (χ0v) is 13.9. The summed E-state index contributed by atoms with van der Waals surface area (Å²) in [6, 6.07) is 0.287. The van der Waals surface area contributed by atoms with Crippen LogP contribution in [0.15, 0.2) is 6.20 Å². The number of hydrogen-bond acceptors (Lipinski definition) is 3. The second-order valence-corrected chi connectivity index (χ2v) is 7.10. The Kier molecular flexibility index (Phi) is 4.00. The van der Waals surface area contributed by atoms with Crippen molar-refractivity contribution in [2.24, 2.45) is 13.0 Å². The maximum atomic E-state index is 6.27. The molecule has 1 aliphatic heterocycles. The average Bonchev–Trinajstić information content (AvgIpc) is 2.78. The zero-order chi connectivity index (χ0) is 15.1. The molecule has 1 N–H and O–H groups in total. The molecule has 2 unspecified atom stereocenters. The van der Waals surface area contributed by atoms with E-state index in [1.165, 1.54) is 11.3 Å². The smallest absolute Gasteiger partial charge is 0.0681 e. The van der Waals surface area contributed by atoms with Crippen LogP contribution in [0.2, 0.25) is 0 Å². The number of nitrogens with zero attached hydrogens (tertiary/aromatic N) is 2. The Balaban J connectivity index is 2.37. The van der Waals surface area contributed by atoms with Gasteiger partial charge in [0.1, 0.15) is 0 Å². The van der Waals surface area contributed by atoms with E-state index in [-0.39, 0.29) is 17.2 Å². The molecule has 4 nitrogen and oxygen atoms in total. The second-order valence-electron chi connectivity index (χ2n) is 7.10. The Hall–Kier alpha value is -0.870. The molecule has 1 aromatic heterocycles. The highest BCUT2D eigenvalue weighted by molar-refractivity contribution is 5.24. The van der Waals surface area contributed by atoms with Gasteiger partial charge in [-0.05, 0) is 47.6 Å². The van der Waals surface area contributed by atoms with Crippen molar-refractivity contribution >= 4 is 0 Å². The molecule has 1 saturated heterocycles. The van der Waals surface area contributed by atoms with Crippen LogP contribution in [-0.2, 0) is 18.2 Å². The third-order valence-corrected chi connectivity index (χ3v) is 4.46. The van der Waals surface area contributed by atoms with Gasteiger partial charge in [0.2, 0.25) is 0 Å². The van der Waals surface area contributed by atoms with Crippen LogP contribution in [0.5, 0.6) is 0 Å². The molecule has 2 atom stereocenters. The van der Waals surface area contributed by atoms with Gasteiger partial charge in [0.15, 0.2) is 0 Å². The molecule has 0 amide bonds. The summed E-state index contributed by atoms with van der Waals surface area (Å²) in [7, 11) is 4.04. The van der Waals surface area contributed by atoms with Crippen molar-refractivity contribution in [3.05, 3.63) is 17.5 Å². The Bertz CT molecular complexity index is 476. The van der Waals surface area contributed by atoms with Crippen molar-refractivity contribution in [1.82, 2.24) is 15.1 Å². The third kappa shape index (κ3) is 2.77. The second kappa shape index (κ2) is 5.15. The van der Waals surface area contributed by atoms with Gasteiger partial charge < -0.3 is 10.1 Å². The van der Waals surface area contributed by atoms with Gasteiger partial charge >= 0.3 is 0 Å². The zero-order valence-electron chi connectivity index (χ0n) is 13.9. The lowest BCUT2D eigenvalue weighted by atomic mass is 9.79. The maximum absolute atomic E-state index is 6.27. The van der Waals surface area contributed by atoms with E-state index in [9.17, 15) is 0 Å². The molecule has 4 heteroatoms. The van der Waals surface area contributed by atoms with Crippen molar-refractivity contribution in [1.29, 1.82) is 0 Å². The van der Waals surface area contributed by atoms with Gasteiger partial charge in [-0.2, -0.15) is 5.10 Å². The van der Waals surface area contributed by atoms with Gasteiger partial charge in [0.25, 0.3) is 0 Å². The molecule has 0 aliphatic carbocycles. The van der Waals surface area contributed by atoms with Gasteiger partial charge in [-0.1, -0.05) is 6.92 Å². The van der Waals surface area contributed by atoms with Crippen LogP contribution in [-0.4, -0.2) is 28.0 Å². The number of ether oxygens (including phenoxy) is 1. The van der Waals surface area contributed by atoms with Crippen LogP contribution in [0.25, 0.3) is 0 Å². The van der Waals surface area contributed by atoms with Crippen molar-refractivity contribution in [3.8, 4) is 0 Å². The van der Waals surface area contributed by atoms with Gasteiger partial charge in [-0.25, -0.2) is 0 Å². The highest BCUT2D eigenvalue weighted by Gasteiger charge is 2.49. The summed E-state index contributed by atoms with van der Waals surface area (Å²) >= 11 is 0. The molecular formula is C16H29N3O. The predicted molar refractivity (Wildman–Crippen MR) is 81.7 cm³/mol. The van der Waals surface area contributed by atoms with Crippen molar-refractivity contribution in [2.45, 2.75) is 64.7 Å². The maximum Gasteiger partial charge on any atom is 0.0681 e. The molecule has 114 valence electrons. The molecule has 0 aromatic carbocycles. The summed E-state index contributed by atoms with van der Waals surface area (Å²) in [5, 5.41) is 8.10. The van der Waals surface area contributed by atoms with Gasteiger partial charge in [-0.15, -0.1) is 0 Å². The Labute approximate surface area is 122 Å². The van der Waals surface area contributed by atoms with Crippen LogP contribution in [0.3, 0.4) is 0 Å². The van der Waals surface area contributed by atoms with Crippen LogP contribution < -0.4 is 5.32 Å². The summed E-state index contributed by atoms with van der Waals surface area (Å²) in [4.78, 5) is 0. The molecule has 0 bridgehead atoms. The van der Waals surface area contributed by atoms with Crippen LogP contribution in [0.4, 0.5) is 0 Å². The lowest BCUT2D eigenvalue weighted by molar-refractivity contribution is -0.0777. The fourth-order valence-electron chi connectivity index (χ4n) is 3.78. The Morgan fingerprint density at radius 3 is 2.55 bits per heavy atom. The fourth-order valence-corrected chi connectivity index (χ4v) is 3.78. The van der Waals surface area contributed by atoms with E-state index in [2.05, 4.69) is 51.2 Å². The predicted octanol–water partition coefficient (Wildman–Crippen LogP) is 2.84. The van der Waals surface area contributed by atoms with E-state index in [0.717, 1.165) is 12.8 Å². The Morgan fingerprint density at radius 2 is 2.10 bits per heavy atom. The van der Waals surface area contributed by atoms with E-state index in [1.54, 1.807) is 0 Å². The summed E-state index contributed by atoms with van der Waals surface area (Å²) < 4.78 is 8.19. The van der Waals surface area contributed by atoms with Crippen molar-refractivity contribution in [2.75, 3.05) is 7.05 Å². The summed E-state index contributed by atoms with van der Waals surface area (Å²) in [6.45, 7) is 11.0. The standard InChI is InChI=1S/C16H29N3O/c1-8-13-11(10-19(7)18-13)14(17-6)12-9-15(2,3)20-16(12,4)5/h10,12,14,17H,8-9H2,1-7H3. The quantitative estimate of drug-likeness (QED) is 0.921. The largest absolute Gasteiger partial charge is 0.369 e. The lowest BCUT2D eigenvalue weighted by Gasteiger charge is -2.33. The number of rotatable bonds is 4. The normalized spacial score (nSPS) is 25.9. The third-order valence-electron chi connectivity index (χ3n) is 4.46. The molecule has 1 aromatic rings. The van der Waals surface area contributed by atoms with Crippen molar-refractivity contribution < 1.29 is 4.74 Å². The van der Waals surface area contributed by atoms with E-state index < -0.39 is 0 Å². The van der Waals surface area contributed by atoms with E-state index >= 15 is 0 Å². The van der Waals surface area contributed by atoms with Gasteiger partial charge in [0, 0.05) is 30.8 Å². The molecule has 1 aliphatic rings. The molecule has 20 heavy (non-hydrogen) atoms. The van der Waals surface area contributed by atoms with E-state index in [1.807, 2.05) is 18.8 Å². The molecule has 0 saturated carbocycles. The monoisotopic (exact) mass is 279 g/mol. The van der Waals surface area contributed by atoms with E-state index in [4.69, 9.17) is 4.74 Å². The van der Waals surface area contributed by atoms with Crippen LogP contribution in [0.1, 0.15) is 58.3 Å². The van der Waals surface area contributed by atoms with Crippen LogP contribution >= 0.6 is 0 Å². The number of aromatic nitrogens is 2. The highest BCUT2D eigenvalue weighted by atomic mass is 16.5. The SMILES string of the molecule is CCc1nn(C)cc1C(NC)C1CC(C)(C)OC1(C)C. The summed E-state index contributed by atoms with van der Waals surface area (Å²) in [6.07, 6.45) is 4.18. The number of hydrogen-bond donors (Lipinski definition) is 1. The molecule has 2 rings (SSSR count). The summed E-state index contributed by atoms with van der Waals surface area (Å²) in [5.41, 5.74) is 2.32. The molecule has 2 heterocycles. The Morgan fingerprint density at radius 1 is 1.45 bits per heavy atom. The minimum atomic E-state index is -0.127. The minimum Gasteiger partial charge on any atom is -0.369 e.